The zero-order chi connectivity index (χ0) is 19.5. The van der Waals surface area contributed by atoms with Crippen molar-refractivity contribution in [3.05, 3.63) is 94.4 Å². The molecule has 140 valence electrons. The van der Waals surface area contributed by atoms with Gasteiger partial charge in [-0.25, -0.2) is 4.39 Å². The van der Waals surface area contributed by atoms with Gasteiger partial charge in [0, 0.05) is 22.9 Å². The van der Waals surface area contributed by atoms with Gasteiger partial charge in [-0.1, -0.05) is 47.1 Å². The molecule has 3 aromatic carbocycles. The second kappa shape index (κ2) is 7.82. The molecule has 0 radical (unpaired) electrons. The Morgan fingerprint density at radius 1 is 1.07 bits per heavy atom. The van der Waals surface area contributed by atoms with Crippen molar-refractivity contribution in [2.75, 3.05) is 0 Å². The van der Waals surface area contributed by atoms with Crippen molar-refractivity contribution in [2.45, 2.75) is 12.8 Å². The van der Waals surface area contributed by atoms with Crippen molar-refractivity contribution in [2.24, 2.45) is 0 Å². The average molecular weight is 396 g/mol. The Bertz CT molecular complexity index is 1140. The molecule has 0 fully saturated rings. The van der Waals surface area contributed by atoms with E-state index >= 15 is 0 Å². The molecule has 1 aromatic heterocycles. The number of rotatable bonds is 5. The second-order valence-electron chi connectivity index (χ2n) is 6.33. The standard InChI is InChI=1S/C22H15ClFNO3/c23-16-7-5-14(6-8-16)11-22(26)27-17-9-10-18-20(25-28-21(18)13-17)12-15-3-1-2-4-19(15)24/h1-10,13H,11-12H2. The number of fused-ring (bicyclic) bond motifs is 1. The summed E-state index contributed by atoms with van der Waals surface area (Å²) >= 11 is 5.84. The highest BCUT2D eigenvalue weighted by Gasteiger charge is 2.13. The third-order valence-corrected chi connectivity index (χ3v) is 4.58. The van der Waals surface area contributed by atoms with E-state index in [1.165, 1.54) is 6.07 Å². The molecular formula is C22H15ClFNO3. The summed E-state index contributed by atoms with van der Waals surface area (Å²) in [6, 6.07) is 18.6. The number of esters is 1. The molecular weight excluding hydrogens is 381 g/mol. The second-order valence-corrected chi connectivity index (χ2v) is 6.77. The van der Waals surface area contributed by atoms with E-state index in [1.807, 2.05) is 0 Å². The summed E-state index contributed by atoms with van der Waals surface area (Å²) in [7, 11) is 0. The lowest BCUT2D eigenvalue weighted by atomic mass is 10.1. The average Bonchev–Trinajstić information content (AvgIpc) is 3.07. The van der Waals surface area contributed by atoms with Gasteiger partial charge in [-0.3, -0.25) is 4.79 Å². The van der Waals surface area contributed by atoms with Crippen LogP contribution in [0.1, 0.15) is 16.8 Å². The number of carbonyl (C=O) groups is 1. The van der Waals surface area contributed by atoms with Crippen molar-refractivity contribution >= 4 is 28.5 Å². The Labute approximate surface area is 165 Å². The summed E-state index contributed by atoms with van der Waals surface area (Å²) in [5, 5.41) is 5.39. The van der Waals surface area contributed by atoms with Gasteiger partial charge in [-0.2, -0.15) is 0 Å². The molecule has 0 bridgehead atoms. The smallest absolute Gasteiger partial charge is 0.315 e. The van der Waals surface area contributed by atoms with E-state index in [4.69, 9.17) is 20.9 Å². The molecule has 0 aliphatic rings. The molecule has 0 unspecified atom stereocenters. The van der Waals surface area contributed by atoms with Crippen molar-refractivity contribution < 1.29 is 18.4 Å². The minimum absolute atomic E-state index is 0.129. The number of ether oxygens (including phenoxy) is 1. The van der Waals surface area contributed by atoms with Gasteiger partial charge in [0.05, 0.1) is 12.1 Å². The van der Waals surface area contributed by atoms with Gasteiger partial charge in [0.25, 0.3) is 0 Å². The molecule has 0 aliphatic heterocycles. The maximum absolute atomic E-state index is 13.9. The quantitative estimate of drug-likeness (QED) is 0.337. The Balaban J connectivity index is 1.48. The zero-order valence-corrected chi connectivity index (χ0v) is 15.4. The Kier molecular flexibility index (Phi) is 5.08. The molecule has 0 saturated heterocycles. The summed E-state index contributed by atoms with van der Waals surface area (Å²) in [5.41, 5.74) is 2.45. The van der Waals surface area contributed by atoms with E-state index in [2.05, 4.69) is 5.16 Å². The highest BCUT2D eigenvalue weighted by atomic mass is 35.5. The minimum atomic E-state index is -0.396. The Morgan fingerprint density at radius 3 is 2.64 bits per heavy atom. The predicted octanol–water partition coefficient (Wildman–Crippen LogP) is 5.36. The van der Waals surface area contributed by atoms with Crippen LogP contribution in [-0.4, -0.2) is 11.1 Å². The van der Waals surface area contributed by atoms with E-state index in [0.717, 1.165) is 10.9 Å². The van der Waals surface area contributed by atoms with Gasteiger partial charge in [0.1, 0.15) is 11.6 Å². The van der Waals surface area contributed by atoms with Crippen molar-refractivity contribution in [1.82, 2.24) is 5.16 Å². The first-order valence-electron chi connectivity index (χ1n) is 8.65. The number of halogens is 2. The predicted molar refractivity (Wildman–Crippen MR) is 104 cm³/mol. The molecule has 4 aromatic rings. The van der Waals surface area contributed by atoms with Crippen LogP contribution < -0.4 is 4.74 Å². The van der Waals surface area contributed by atoms with Gasteiger partial charge in [-0.15, -0.1) is 0 Å². The molecule has 0 amide bonds. The highest BCUT2D eigenvalue weighted by molar-refractivity contribution is 6.30. The fourth-order valence-corrected chi connectivity index (χ4v) is 3.05. The van der Waals surface area contributed by atoms with Crippen LogP contribution in [0.5, 0.6) is 5.75 Å². The van der Waals surface area contributed by atoms with Crippen LogP contribution in [0.4, 0.5) is 4.39 Å². The molecule has 0 spiro atoms. The number of hydrogen-bond acceptors (Lipinski definition) is 4. The van der Waals surface area contributed by atoms with Gasteiger partial charge in [-0.05, 0) is 41.5 Å². The van der Waals surface area contributed by atoms with Gasteiger partial charge in [0.15, 0.2) is 5.58 Å². The molecule has 0 atom stereocenters. The van der Waals surface area contributed by atoms with Crippen LogP contribution in [0, 0.1) is 5.82 Å². The SMILES string of the molecule is O=C(Cc1ccc(Cl)cc1)Oc1ccc2c(Cc3ccccc3F)noc2c1. The van der Waals surface area contributed by atoms with Gasteiger partial charge in [0.2, 0.25) is 0 Å². The van der Waals surface area contributed by atoms with E-state index < -0.39 is 5.97 Å². The lowest BCUT2D eigenvalue weighted by Gasteiger charge is -2.05. The number of hydrogen-bond donors (Lipinski definition) is 0. The van der Waals surface area contributed by atoms with E-state index in [-0.39, 0.29) is 12.2 Å². The number of benzene rings is 3. The van der Waals surface area contributed by atoms with E-state index in [9.17, 15) is 9.18 Å². The molecule has 28 heavy (non-hydrogen) atoms. The fourth-order valence-electron chi connectivity index (χ4n) is 2.92. The lowest BCUT2D eigenvalue weighted by molar-refractivity contribution is -0.133. The van der Waals surface area contributed by atoms with Crippen LogP contribution in [0.15, 0.2) is 71.3 Å². The summed E-state index contributed by atoms with van der Waals surface area (Å²) in [6.45, 7) is 0. The van der Waals surface area contributed by atoms with Crippen molar-refractivity contribution in [3.8, 4) is 5.75 Å². The molecule has 0 N–H and O–H groups in total. The van der Waals surface area contributed by atoms with E-state index in [0.29, 0.717) is 34.0 Å². The van der Waals surface area contributed by atoms with E-state index in [1.54, 1.807) is 60.7 Å². The van der Waals surface area contributed by atoms with Crippen molar-refractivity contribution in [1.29, 1.82) is 0 Å². The number of nitrogens with zero attached hydrogens (tertiary/aromatic N) is 1. The first kappa shape index (κ1) is 18.2. The summed E-state index contributed by atoms with van der Waals surface area (Å²) in [6.07, 6.45) is 0.444. The van der Waals surface area contributed by atoms with Crippen LogP contribution in [0.2, 0.25) is 5.02 Å². The monoisotopic (exact) mass is 395 g/mol. The Hall–Kier alpha value is -3.18. The third-order valence-electron chi connectivity index (χ3n) is 4.33. The molecule has 0 saturated carbocycles. The highest BCUT2D eigenvalue weighted by Crippen LogP contribution is 2.26. The van der Waals surface area contributed by atoms with Crippen LogP contribution in [0.3, 0.4) is 0 Å². The zero-order valence-electron chi connectivity index (χ0n) is 14.7. The molecule has 1 heterocycles. The van der Waals surface area contributed by atoms with Crippen LogP contribution >= 0.6 is 11.6 Å². The number of carbonyl (C=O) groups excluding carboxylic acids is 1. The molecule has 4 rings (SSSR count). The lowest BCUT2D eigenvalue weighted by Crippen LogP contribution is -2.11. The van der Waals surface area contributed by atoms with Gasteiger partial charge >= 0.3 is 5.97 Å². The largest absolute Gasteiger partial charge is 0.426 e. The number of aromatic nitrogens is 1. The fraction of sp³-hybridized carbons (Fsp3) is 0.0909. The first-order valence-corrected chi connectivity index (χ1v) is 9.03. The Morgan fingerprint density at radius 2 is 1.86 bits per heavy atom. The summed E-state index contributed by atoms with van der Waals surface area (Å²) < 4.78 is 24.6. The summed E-state index contributed by atoms with van der Waals surface area (Å²) in [4.78, 5) is 12.1. The molecule has 4 nitrogen and oxygen atoms in total. The maximum Gasteiger partial charge on any atom is 0.315 e. The molecule has 6 heteroatoms. The maximum atomic E-state index is 13.9. The van der Waals surface area contributed by atoms with Crippen LogP contribution in [-0.2, 0) is 17.6 Å². The van der Waals surface area contributed by atoms with Crippen LogP contribution in [0.25, 0.3) is 11.0 Å². The third kappa shape index (κ3) is 4.05. The minimum Gasteiger partial charge on any atom is -0.426 e. The normalized spacial score (nSPS) is 10.9. The summed E-state index contributed by atoms with van der Waals surface area (Å²) in [5.74, 6) is -0.320. The molecule has 0 aliphatic carbocycles. The van der Waals surface area contributed by atoms with Gasteiger partial charge < -0.3 is 9.26 Å². The topological polar surface area (TPSA) is 52.3 Å². The van der Waals surface area contributed by atoms with Crippen molar-refractivity contribution in [3.63, 3.8) is 0 Å². The first-order chi connectivity index (χ1) is 13.6.